The van der Waals surface area contributed by atoms with Gasteiger partial charge in [-0.15, -0.1) is 0 Å². The van der Waals surface area contributed by atoms with Crippen molar-refractivity contribution in [2.75, 3.05) is 0 Å². The maximum atomic E-state index is 2.44. The molecule has 0 saturated heterocycles. The third kappa shape index (κ3) is 4.76. The minimum atomic E-state index is -0.189. The van der Waals surface area contributed by atoms with Gasteiger partial charge in [-0.05, 0) is 137 Å². The van der Waals surface area contributed by atoms with Crippen molar-refractivity contribution in [3.63, 3.8) is 0 Å². The second kappa shape index (κ2) is 12.7. The minimum Gasteiger partial charge on any atom is -0.0616 e. The summed E-state index contributed by atoms with van der Waals surface area (Å²) in [6.07, 6.45) is 0. The van der Waals surface area contributed by atoms with E-state index in [1.807, 2.05) is 0 Å². The lowest BCUT2D eigenvalue weighted by Crippen LogP contribution is -2.17. The van der Waals surface area contributed by atoms with Gasteiger partial charge in [-0.1, -0.05) is 214 Å². The van der Waals surface area contributed by atoms with E-state index in [0.717, 1.165) is 0 Å². The van der Waals surface area contributed by atoms with Crippen molar-refractivity contribution in [3.05, 3.63) is 217 Å². The molecule has 0 aliphatic heterocycles. The predicted octanol–water partition coefficient (Wildman–Crippen LogP) is 17.1. The monoisotopic (exact) mass is 772 g/mol. The summed E-state index contributed by atoms with van der Waals surface area (Å²) in [4.78, 5) is 0. The van der Waals surface area contributed by atoms with Crippen LogP contribution in [0.1, 0.15) is 25.0 Å². The summed E-state index contributed by atoms with van der Waals surface area (Å²) in [6, 6.07) is 77.2. The zero-order valence-electron chi connectivity index (χ0n) is 34.1. The van der Waals surface area contributed by atoms with Crippen LogP contribution in [0.2, 0.25) is 0 Å². The Morgan fingerprint density at radius 1 is 0.262 bits per heavy atom. The van der Waals surface area contributed by atoms with E-state index in [2.05, 4.69) is 220 Å². The van der Waals surface area contributed by atoms with E-state index in [1.165, 1.54) is 131 Å². The summed E-state index contributed by atoms with van der Waals surface area (Å²) in [6.45, 7) is 4.86. The molecule has 0 saturated carbocycles. The van der Waals surface area contributed by atoms with Crippen LogP contribution in [-0.2, 0) is 5.41 Å². The summed E-state index contributed by atoms with van der Waals surface area (Å²) < 4.78 is 0. The smallest absolute Gasteiger partial charge is 0.0171 e. The number of hydrogen-bond acceptors (Lipinski definition) is 0. The van der Waals surface area contributed by atoms with E-state index >= 15 is 0 Å². The van der Waals surface area contributed by atoms with E-state index in [4.69, 9.17) is 0 Å². The average Bonchev–Trinajstić information content (AvgIpc) is 3.57. The van der Waals surface area contributed by atoms with Crippen molar-refractivity contribution in [3.8, 4) is 44.5 Å². The largest absolute Gasteiger partial charge is 0.0616 e. The Morgan fingerprint density at radius 2 is 0.721 bits per heavy atom. The summed E-state index contributed by atoms with van der Waals surface area (Å²) in [5.74, 6) is 0. The fourth-order valence-corrected chi connectivity index (χ4v) is 11.5. The lowest BCUT2D eigenvalue weighted by Gasteiger charge is -2.26. The first-order chi connectivity index (χ1) is 30.1. The third-order valence-electron chi connectivity index (χ3n) is 13.9. The van der Waals surface area contributed by atoms with Crippen molar-refractivity contribution < 1.29 is 0 Å². The fraction of sp³-hybridized carbons (Fsp3) is 0.0492. The second-order valence-corrected chi connectivity index (χ2v) is 17.5. The van der Waals surface area contributed by atoms with Crippen LogP contribution >= 0.6 is 0 Å². The molecule has 1 aliphatic rings. The van der Waals surface area contributed by atoms with E-state index < -0.39 is 0 Å². The number of hydrogen-bond donors (Lipinski definition) is 0. The molecule has 284 valence electrons. The molecular formula is C61H40. The quantitative estimate of drug-likeness (QED) is 0.124. The Balaban J connectivity index is 1.01. The molecule has 1 aliphatic carbocycles. The molecule has 0 spiro atoms. The molecule has 12 aromatic carbocycles. The van der Waals surface area contributed by atoms with E-state index in [9.17, 15) is 0 Å². The zero-order valence-corrected chi connectivity index (χ0v) is 34.1. The van der Waals surface area contributed by atoms with Gasteiger partial charge in [0.15, 0.2) is 0 Å². The van der Waals surface area contributed by atoms with E-state index in [-0.39, 0.29) is 5.41 Å². The van der Waals surface area contributed by atoms with Gasteiger partial charge in [0, 0.05) is 5.41 Å². The van der Waals surface area contributed by atoms with Gasteiger partial charge in [-0.2, -0.15) is 0 Å². The molecule has 0 N–H and O–H groups in total. The highest BCUT2D eigenvalue weighted by atomic mass is 14.4. The SMILES string of the molecule is CC1(C)c2c(-c3ccc(-c4c5ccccc5c(-c5cc6ccc7ccccc7c6c6ccccc56)c5ccccc45)cc3)cccc2-c2c1c1ccccc1c1ccccc21. The first-order valence-electron chi connectivity index (χ1n) is 21.5. The average molecular weight is 773 g/mol. The maximum Gasteiger partial charge on any atom is 0.0171 e. The van der Waals surface area contributed by atoms with Gasteiger partial charge in [-0.25, -0.2) is 0 Å². The molecule has 0 aromatic heterocycles. The van der Waals surface area contributed by atoms with Gasteiger partial charge in [-0.3, -0.25) is 0 Å². The lowest BCUT2D eigenvalue weighted by molar-refractivity contribution is 0.668. The van der Waals surface area contributed by atoms with Gasteiger partial charge in [0.25, 0.3) is 0 Å². The van der Waals surface area contributed by atoms with Crippen LogP contribution in [0.25, 0.3) is 120 Å². The van der Waals surface area contributed by atoms with Crippen LogP contribution in [0.5, 0.6) is 0 Å². The predicted molar refractivity (Wildman–Crippen MR) is 263 cm³/mol. The standard InChI is InChI=1S/C61H40/c1-61(2)59-42(28-15-29-53(59)58-47-22-9-5-18-43(47)44-19-7-14-27-52(44)60(58)61)38-30-33-39(34-31-38)55-48-23-10-12-25-50(48)57(51-26-13-11-24-49(51)55)54-36-40-35-32-37-16-3-4-17-41(37)56(40)46-21-8-6-20-45(46)54/h3-36H,1-2H3. The molecule has 0 bridgehead atoms. The zero-order chi connectivity index (χ0) is 40.4. The van der Waals surface area contributed by atoms with Gasteiger partial charge in [0.2, 0.25) is 0 Å². The molecule has 12 aromatic rings. The molecule has 0 atom stereocenters. The van der Waals surface area contributed by atoms with Crippen LogP contribution in [0.3, 0.4) is 0 Å². The van der Waals surface area contributed by atoms with Gasteiger partial charge in [0.05, 0.1) is 0 Å². The van der Waals surface area contributed by atoms with Crippen LogP contribution in [0.4, 0.5) is 0 Å². The van der Waals surface area contributed by atoms with Crippen LogP contribution in [0.15, 0.2) is 206 Å². The minimum absolute atomic E-state index is 0.189. The summed E-state index contributed by atoms with van der Waals surface area (Å²) >= 11 is 0. The van der Waals surface area contributed by atoms with Crippen molar-refractivity contribution >= 4 is 75.4 Å². The second-order valence-electron chi connectivity index (χ2n) is 17.5. The van der Waals surface area contributed by atoms with Crippen molar-refractivity contribution in [1.29, 1.82) is 0 Å². The molecule has 13 rings (SSSR count). The molecule has 0 amide bonds. The van der Waals surface area contributed by atoms with Gasteiger partial charge >= 0.3 is 0 Å². The van der Waals surface area contributed by atoms with Crippen molar-refractivity contribution in [2.45, 2.75) is 19.3 Å². The molecule has 0 heterocycles. The molecular weight excluding hydrogens is 733 g/mol. The molecule has 0 radical (unpaired) electrons. The number of fused-ring (bicyclic) bond motifs is 15. The van der Waals surface area contributed by atoms with Crippen LogP contribution < -0.4 is 0 Å². The highest BCUT2D eigenvalue weighted by Crippen LogP contribution is 2.57. The van der Waals surface area contributed by atoms with E-state index in [1.54, 1.807) is 0 Å². The highest BCUT2D eigenvalue weighted by molar-refractivity contribution is 6.28. The molecule has 0 unspecified atom stereocenters. The number of benzene rings is 12. The first-order valence-corrected chi connectivity index (χ1v) is 21.5. The molecule has 0 heteroatoms. The highest BCUT2D eigenvalue weighted by Gasteiger charge is 2.40. The van der Waals surface area contributed by atoms with Gasteiger partial charge in [0.1, 0.15) is 0 Å². The van der Waals surface area contributed by atoms with Gasteiger partial charge < -0.3 is 0 Å². The van der Waals surface area contributed by atoms with Crippen molar-refractivity contribution in [1.82, 2.24) is 0 Å². The topological polar surface area (TPSA) is 0 Å². The Bertz CT molecular complexity index is 3770. The maximum absolute atomic E-state index is 2.44. The Kier molecular flexibility index (Phi) is 7.17. The third-order valence-corrected chi connectivity index (χ3v) is 13.9. The van der Waals surface area contributed by atoms with Crippen LogP contribution in [-0.4, -0.2) is 0 Å². The number of rotatable bonds is 3. The normalized spacial score (nSPS) is 13.2. The Hall–Kier alpha value is -7.54. The summed E-state index contributed by atoms with van der Waals surface area (Å²) in [5.41, 5.74) is 13.0. The Labute approximate surface area is 355 Å². The lowest BCUT2D eigenvalue weighted by atomic mass is 9.76. The molecule has 0 fully saturated rings. The molecule has 61 heavy (non-hydrogen) atoms. The summed E-state index contributed by atoms with van der Waals surface area (Å²) in [5, 5.41) is 18.1. The molecule has 0 nitrogen and oxygen atoms in total. The van der Waals surface area contributed by atoms with Crippen molar-refractivity contribution in [2.24, 2.45) is 0 Å². The van der Waals surface area contributed by atoms with E-state index in [0.29, 0.717) is 0 Å². The Morgan fingerprint density at radius 3 is 1.38 bits per heavy atom. The first kappa shape index (κ1) is 34.3. The summed E-state index contributed by atoms with van der Waals surface area (Å²) in [7, 11) is 0. The van der Waals surface area contributed by atoms with Crippen LogP contribution in [0, 0.1) is 0 Å². The fourth-order valence-electron chi connectivity index (χ4n) is 11.5.